The van der Waals surface area contributed by atoms with Crippen LogP contribution >= 0.6 is 11.8 Å². The van der Waals surface area contributed by atoms with Gasteiger partial charge < -0.3 is 4.57 Å². The monoisotopic (exact) mass is 395 g/mol. The molecule has 1 saturated carbocycles. The lowest BCUT2D eigenvalue weighted by atomic mass is 9.89. The van der Waals surface area contributed by atoms with Gasteiger partial charge in [-0.25, -0.2) is 0 Å². The van der Waals surface area contributed by atoms with Gasteiger partial charge in [-0.3, -0.25) is 19.5 Å². The Hall–Kier alpha value is -2.34. The number of aromatic nitrogens is 2. The summed E-state index contributed by atoms with van der Waals surface area (Å²) in [4.78, 5) is 31.4. The molecule has 0 aromatic carbocycles. The van der Waals surface area contributed by atoms with Crippen LogP contribution < -0.4 is 0 Å². The second kappa shape index (κ2) is 7.95. The van der Waals surface area contributed by atoms with E-state index in [1.54, 1.807) is 12.4 Å². The van der Waals surface area contributed by atoms with Gasteiger partial charge in [0.1, 0.15) is 0 Å². The smallest absolute Gasteiger partial charge is 0.293 e. The van der Waals surface area contributed by atoms with Crippen LogP contribution in [0.3, 0.4) is 0 Å². The molecular formula is C22H25N3O2S. The van der Waals surface area contributed by atoms with E-state index in [9.17, 15) is 9.59 Å². The molecule has 3 heterocycles. The normalized spacial score (nSPS) is 19.8. The van der Waals surface area contributed by atoms with Gasteiger partial charge in [-0.1, -0.05) is 19.3 Å². The van der Waals surface area contributed by atoms with Crippen LogP contribution in [0.5, 0.6) is 0 Å². The number of hydrogen-bond acceptors (Lipinski definition) is 4. The second-order valence-corrected chi connectivity index (χ2v) is 8.66. The number of imide groups is 1. The van der Waals surface area contributed by atoms with Crippen molar-refractivity contribution in [2.45, 2.75) is 46.0 Å². The van der Waals surface area contributed by atoms with Gasteiger partial charge in [0.25, 0.3) is 11.1 Å². The van der Waals surface area contributed by atoms with E-state index in [1.165, 1.54) is 24.2 Å². The van der Waals surface area contributed by atoms with Crippen molar-refractivity contribution in [1.29, 1.82) is 0 Å². The molecule has 0 spiro atoms. The van der Waals surface area contributed by atoms with E-state index in [1.807, 2.05) is 32.1 Å². The van der Waals surface area contributed by atoms with Crippen molar-refractivity contribution in [3.05, 3.63) is 52.4 Å². The van der Waals surface area contributed by atoms with Crippen LogP contribution in [0.4, 0.5) is 4.79 Å². The van der Waals surface area contributed by atoms with Gasteiger partial charge in [0.15, 0.2) is 0 Å². The Bertz CT molecular complexity index is 927. The number of rotatable bonds is 4. The zero-order chi connectivity index (χ0) is 19.7. The minimum atomic E-state index is -0.144. The third kappa shape index (κ3) is 3.65. The maximum absolute atomic E-state index is 12.9. The highest BCUT2D eigenvalue weighted by atomic mass is 32.2. The topological polar surface area (TPSA) is 55.2 Å². The van der Waals surface area contributed by atoms with Crippen molar-refractivity contribution in [2.24, 2.45) is 5.92 Å². The minimum absolute atomic E-state index is 0.134. The predicted octanol–water partition coefficient (Wildman–Crippen LogP) is 5.11. The number of pyridine rings is 1. The Morgan fingerprint density at radius 3 is 2.57 bits per heavy atom. The molecule has 2 aromatic heterocycles. The standard InChI is InChI=1S/C22H25N3O2S/c1-15-12-18(16(2)25(15)19-8-10-23-11-9-19)13-20-21(26)24(22(27)28-20)14-17-6-4-3-5-7-17/h8-13,17H,3-7,14H2,1-2H3/b20-13+. The summed E-state index contributed by atoms with van der Waals surface area (Å²) in [6.45, 7) is 4.64. The quantitative estimate of drug-likeness (QED) is 0.676. The second-order valence-electron chi connectivity index (χ2n) is 7.66. The molecule has 0 unspecified atom stereocenters. The zero-order valence-electron chi connectivity index (χ0n) is 16.4. The highest BCUT2D eigenvalue weighted by Crippen LogP contribution is 2.35. The molecule has 6 heteroatoms. The van der Waals surface area contributed by atoms with E-state index in [0.29, 0.717) is 17.4 Å². The zero-order valence-corrected chi connectivity index (χ0v) is 17.2. The summed E-state index contributed by atoms with van der Waals surface area (Å²) in [5.41, 5.74) is 4.13. The lowest BCUT2D eigenvalue weighted by Gasteiger charge is -2.25. The van der Waals surface area contributed by atoms with E-state index in [2.05, 4.69) is 15.6 Å². The third-order valence-corrected chi connectivity index (χ3v) is 6.62. The Balaban J connectivity index is 1.58. The number of carbonyl (C=O) groups excluding carboxylic acids is 2. The predicted molar refractivity (Wildman–Crippen MR) is 112 cm³/mol. The maximum atomic E-state index is 12.9. The summed E-state index contributed by atoms with van der Waals surface area (Å²) in [6, 6.07) is 5.98. The first-order valence-corrected chi connectivity index (χ1v) is 10.7. The van der Waals surface area contributed by atoms with Gasteiger partial charge in [-0.2, -0.15) is 0 Å². The maximum Gasteiger partial charge on any atom is 0.293 e. The molecule has 146 valence electrons. The number of carbonyl (C=O) groups is 2. The average Bonchev–Trinajstić information content (AvgIpc) is 3.13. The first kappa shape index (κ1) is 19.0. The van der Waals surface area contributed by atoms with E-state index >= 15 is 0 Å². The molecule has 2 amide bonds. The molecule has 0 atom stereocenters. The average molecular weight is 396 g/mol. The van der Waals surface area contributed by atoms with Gasteiger partial charge >= 0.3 is 0 Å². The number of thioether (sulfide) groups is 1. The van der Waals surface area contributed by atoms with Crippen LogP contribution in [0.25, 0.3) is 11.8 Å². The fourth-order valence-corrected chi connectivity index (χ4v) is 5.09. The van der Waals surface area contributed by atoms with Gasteiger partial charge in [0, 0.05) is 36.0 Å². The van der Waals surface area contributed by atoms with Crippen LogP contribution in [-0.4, -0.2) is 32.1 Å². The Morgan fingerprint density at radius 2 is 1.86 bits per heavy atom. The molecule has 2 fully saturated rings. The SMILES string of the molecule is Cc1cc(/C=C2/SC(=O)N(CC3CCCCC3)C2=O)c(C)n1-c1ccncc1. The number of hydrogen-bond donors (Lipinski definition) is 0. The molecule has 5 nitrogen and oxygen atoms in total. The van der Waals surface area contributed by atoms with Crippen molar-refractivity contribution < 1.29 is 9.59 Å². The van der Waals surface area contributed by atoms with E-state index < -0.39 is 0 Å². The van der Waals surface area contributed by atoms with Crippen LogP contribution in [0, 0.1) is 19.8 Å². The summed E-state index contributed by atoms with van der Waals surface area (Å²) in [7, 11) is 0. The van der Waals surface area contributed by atoms with Crippen LogP contribution in [0.15, 0.2) is 35.5 Å². The van der Waals surface area contributed by atoms with Crippen LogP contribution in [0.1, 0.15) is 49.1 Å². The summed E-state index contributed by atoms with van der Waals surface area (Å²) < 4.78 is 2.14. The Morgan fingerprint density at radius 1 is 1.14 bits per heavy atom. The highest BCUT2D eigenvalue weighted by Gasteiger charge is 2.36. The van der Waals surface area contributed by atoms with Crippen molar-refractivity contribution >= 4 is 29.0 Å². The van der Waals surface area contributed by atoms with E-state index in [4.69, 9.17) is 0 Å². The van der Waals surface area contributed by atoms with Crippen molar-refractivity contribution in [3.8, 4) is 5.69 Å². The molecule has 0 N–H and O–H groups in total. The lowest BCUT2D eigenvalue weighted by molar-refractivity contribution is -0.123. The summed E-state index contributed by atoms with van der Waals surface area (Å²) in [5.74, 6) is 0.313. The Labute approximate surface area is 169 Å². The summed E-state index contributed by atoms with van der Waals surface area (Å²) in [6.07, 6.45) is 11.3. The van der Waals surface area contributed by atoms with Crippen LogP contribution in [-0.2, 0) is 4.79 Å². The molecule has 0 radical (unpaired) electrons. The Kier molecular flexibility index (Phi) is 5.40. The molecule has 2 aliphatic rings. The molecule has 1 aliphatic carbocycles. The number of amides is 2. The molecule has 28 heavy (non-hydrogen) atoms. The number of aryl methyl sites for hydroxylation is 1. The van der Waals surface area contributed by atoms with Gasteiger partial charge in [-0.05, 0) is 74.2 Å². The molecule has 0 bridgehead atoms. The highest BCUT2D eigenvalue weighted by molar-refractivity contribution is 8.18. The first-order valence-electron chi connectivity index (χ1n) is 9.89. The largest absolute Gasteiger partial charge is 0.318 e. The van der Waals surface area contributed by atoms with Crippen LogP contribution in [0.2, 0.25) is 0 Å². The summed E-state index contributed by atoms with van der Waals surface area (Å²) in [5, 5.41) is -0.134. The molecule has 2 aromatic rings. The third-order valence-electron chi connectivity index (χ3n) is 5.72. The number of nitrogens with zero attached hydrogens (tertiary/aromatic N) is 3. The summed E-state index contributed by atoms with van der Waals surface area (Å²) >= 11 is 1.06. The minimum Gasteiger partial charge on any atom is -0.318 e. The van der Waals surface area contributed by atoms with Crippen molar-refractivity contribution in [1.82, 2.24) is 14.5 Å². The molecule has 4 rings (SSSR count). The first-order chi connectivity index (χ1) is 13.5. The van der Waals surface area contributed by atoms with Gasteiger partial charge in [0.2, 0.25) is 0 Å². The fourth-order valence-electron chi connectivity index (χ4n) is 4.25. The van der Waals surface area contributed by atoms with Gasteiger partial charge in [0.05, 0.1) is 4.91 Å². The molecular weight excluding hydrogens is 370 g/mol. The fraction of sp³-hybridized carbons (Fsp3) is 0.409. The van der Waals surface area contributed by atoms with E-state index in [0.717, 1.165) is 47.2 Å². The molecule has 1 aliphatic heterocycles. The molecule has 1 saturated heterocycles. The van der Waals surface area contributed by atoms with Crippen molar-refractivity contribution in [3.63, 3.8) is 0 Å². The van der Waals surface area contributed by atoms with Crippen molar-refractivity contribution in [2.75, 3.05) is 6.54 Å². The van der Waals surface area contributed by atoms with E-state index in [-0.39, 0.29) is 11.1 Å². The lowest BCUT2D eigenvalue weighted by Crippen LogP contribution is -2.34. The van der Waals surface area contributed by atoms with Gasteiger partial charge in [-0.15, -0.1) is 0 Å².